The van der Waals surface area contributed by atoms with E-state index < -0.39 is 237 Å². The zero-order chi connectivity index (χ0) is 56.8. The summed E-state index contributed by atoms with van der Waals surface area (Å²) in [6, 6.07) is 0. The highest BCUT2D eigenvalue weighted by Crippen LogP contribution is 2.71. The summed E-state index contributed by atoms with van der Waals surface area (Å²) in [6.07, 6.45) is -44.2. The Bertz CT molecular complexity index is 1890. The third-order valence-corrected chi connectivity index (χ3v) is 12.1. The van der Waals surface area contributed by atoms with E-state index in [1.54, 1.807) is 0 Å². The number of carbonyl (C=O) groups is 11. The van der Waals surface area contributed by atoms with Gasteiger partial charge in [0.05, 0.1) is 66.1 Å². The van der Waals surface area contributed by atoms with Gasteiger partial charge in [0.25, 0.3) is 0 Å². The fourth-order valence-corrected chi connectivity index (χ4v) is 9.14. The van der Waals surface area contributed by atoms with Gasteiger partial charge in [0.15, 0.2) is 57.8 Å². The molecule has 0 aliphatic heterocycles. The molecule has 0 aromatic rings. The number of unbranched alkanes of at least 4 members (excludes halogenated alkanes) is 1. The Morgan fingerprint density at radius 1 is 0.306 bits per heavy atom. The lowest BCUT2D eigenvalue weighted by molar-refractivity contribution is -0.228. The molecule has 72 heavy (non-hydrogen) atoms. The Morgan fingerprint density at radius 2 is 0.500 bits per heavy atom. The Morgan fingerprint density at radius 3 is 0.708 bits per heavy atom. The predicted molar refractivity (Wildman–Crippen MR) is 220 cm³/mol. The smallest absolute Gasteiger partial charge is 0.326 e. The summed E-state index contributed by atoms with van der Waals surface area (Å²) in [5.41, 5.74) is -31.3. The molecule has 0 aliphatic carbocycles. The van der Waals surface area contributed by atoms with Crippen LogP contribution in [0, 0.1) is 27.1 Å². The highest BCUT2D eigenvalue weighted by Gasteiger charge is 2.94. The lowest BCUT2D eigenvalue weighted by Gasteiger charge is -2.64. The lowest BCUT2D eigenvalue weighted by Crippen LogP contribution is -2.88. The zero-order valence-corrected chi connectivity index (χ0v) is 37.8. The van der Waals surface area contributed by atoms with Gasteiger partial charge in [-0.15, -0.1) is 0 Å². The van der Waals surface area contributed by atoms with Crippen LogP contribution in [0.4, 0.5) is 0 Å². The molecule has 0 bridgehead atoms. The van der Waals surface area contributed by atoms with Gasteiger partial charge in [-0.05, 0) is 6.42 Å². The Labute approximate surface area is 403 Å². The minimum atomic E-state index is -6.71. The van der Waals surface area contributed by atoms with Crippen LogP contribution in [0.15, 0.2) is 0 Å². The number of rotatable bonds is 38. The van der Waals surface area contributed by atoms with E-state index >= 15 is 47.9 Å². The third-order valence-electron chi connectivity index (χ3n) is 12.1. The van der Waals surface area contributed by atoms with Crippen LogP contribution in [0.1, 0.15) is 26.2 Å². The second kappa shape index (κ2) is 27.6. The average Bonchev–Trinajstić information content (AvgIpc) is 3.39. The molecule has 0 saturated carbocycles. The van der Waals surface area contributed by atoms with Crippen LogP contribution in [0.3, 0.4) is 0 Å². The molecule has 0 heterocycles. The first-order chi connectivity index (χ1) is 33.4. The van der Waals surface area contributed by atoms with E-state index in [2.05, 4.69) is 0 Å². The summed E-state index contributed by atoms with van der Waals surface area (Å²) in [7, 11) is 0. The maximum atomic E-state index is 16.2. The van der Waals surface area contributed by atoms with Crippen molar-refractivity contribution in [2.45, 2.75) is 87.2 Å². The van der Waals surface area contributed by atoms with E-state index in [9.17, 15) is 112 Å². The molecule has 10 atom stereocenters. The summed E-state index contributed by atoms with van der Waals surface area (Å²) in [6.45, 7) is -23.6. The Kier molecular flexibility index (Phi) is 25.8. The first-order valence-electron chi connectivity index (χ1n) is 21.0. The van der Waals surface area contributed by atoms with Crippen molar-refractivity contribution in [2.75, 3.05) is 66.1 Å². The van der Waals surface area contributed by atoms with Crippen LogP contribution in [0.2, 0.25) is 0 Å². The topological polar surface area (TPSA) is 613 Å². The number of hydrogen-bond donors (Lipinski definition) is 21. The molecule has 0 aliphatic rings. The minimum absolute atomic E-state index is 0.722. The highest BCUT2D eigenvalue weighted by atomic mass is 16.4. The number of carbonyl (C=O) groups excluding carboxylic acids is 10. The third kappa shape index (κ3) is 10.3. The van der Waals surface area contributed by atoms with Gasteiger partial charge in [0.1, 0.15) is 82.7 Å². The monoisotopic (exact) mass is 1050 g/mol. The number of hydrogen-bond acceptors (Lipinski definition) is 31. The maximum Gasteiger partial charge on any atom is 0.326 e. The van der Waals surface area contributed by atoms with Crippen LogP contribution < -0.4 is 0 Å². The second-order valence-electron chi connectivity index (χ2n) is 15.9. The Hall–Kier alpha value is -4.63. The van der Waals surface area contributed by atoms with Gasteiger partial charge in [-0.3, -0.25) is 52.7 Å². The SMILES string of the molecule is CCCCC(C(=O)C(O)CO)(C(=O)C(O)CO)C(C(=O)C(O)CO)(C(=O)C(O)CO)C(C(=O)C(O)CO)(C(=O)C(O)CO)C(C(=O)C(O)CO)(C(=O)C(O)CO)C(C(=O)O)(C(=O)C(O)CO)C(=O)C(O)CO. The zero-order valence-electron chi connectivity index (χ0n) is 37.8. The van der Waals surface area contributed by atoms with Crippen molar-refractivity contribution < 1.29 is 160 Å². The number of Topliss-reactive ketones (excluding diaryl/α,β-unsaturated/α-hetero) is 10. The summed E-state index contributed by atoms with van der Waals surface area (Å²) in [4.78, 5) is 172. The standard InChI is InChI=1S/C40H60O32/c1-2-3-4-36(25(61)15(51)5-41,26(62)16(52)6-42)38(29(65)19(55)9-45,30(66)20(56)10-46)40(33(69)23(59)13-49,34(70)24(60)14-50)39(31(67)21(57)11-47,32(68)22(58)12-48)37(35(71)72,27(63)17(53)7-43)28(64)18(54)8-44/h15-24,41-60H,2-14H2,1H3,(H,71,72). The van der Waals surface area contributed by atoms with E-state index in [0.717, 1.165) is 6.92 Å². The van der Waals surface area contributed by atoms with E-state index in [1.807, 2.05) is 0 Å². The maximum absolute atomic E-state index is 16.2. The number of carboxylic acids is 1. The molecule has 0 aromatic carbocycles. The number of carboxylic acid groups (broad SMARTS) is 1. The van der Waals surface area contributed by atoms with Crippen molar-refractivity contribution in [3.63, 3.8) is 0 Å². The fraction of sp³-hybridized carbons (Fsp3) is 0.725. The van der Waals surface area contributed by atoms with Gasteiger partial charge < -0.3 is 107 Å². The molecule has 10 unspecified atom stereocenters. The molecule has 0 amide bonds. The predicted octanol–water partition coefficient (Wildman–Crippen LogP) is -14.6. The minimum Gasteiger partial charge on any atom is -0.480 e. The average molecular weight is 1050 g/mol. The normalized spacial score (nSPS) is 20.3. The summed E-state index contributed by atoms with van der Waals surface area (Å²) in [5.74, 6) is -38.7. The lowest BCUT2D eigenvalue weighted by atomic mass is 9.29. The second-order valence-corrected chi connectivity index (χ2v) is 15.9. The molecule has 0 rings (SSSR count). The van der Waals surface area contributed by atoms with Crippen LogP contribution in [0.25, 0.3) is 0 Å². The van der Waals surface area contributed by atoms with Crippen LogP contribution in [0.5, 0.6) is 0 Å². The van der Waals surface area contributed by atoms with Crippen molar-refractivity contribution >= 4 is 63.8 Å². The molecule has 0 spiro atoms. The van der Waals surface area contributed by atoms with Crippen LogP contribution >= 0.6 is 0 Å². The van der Waals surface area contributed by atoms with Crippen LogP contribution in [-0.2, 0) is 52.7 Å². The van der Waals surface area contributed by atoms with E-state index in [-0.39, 0.29) is 0 Å². The van der Waals surface area contributed by atoms with Crippen molar-refractivity contribution in [2.24, 2.45) is 27.1 Å². The fourth-order valence-electron chi connectivity index (χ4n) is 9.14. The molecule has 32 nitrogen and oxygen atoms in total. The first-order valence-corrected chi connectivity index (χ1v) is 21.0. The van der Waals surface area contributed by atoms with Gasteiger partial charge in [-0.2, -0.15) is 0 Å². The quantitative estimate of drug-likeness (QED) is 0.0255. The summed E-state index contributed by atoms with van der Waals surface area (Å²) < 4.78 is 0. The van der Waals surface area contributed by atoms with E-state index in [0.29, 0.717) is 0 Å². The van der Waals surface area contributed by atoms with Crippen molar-refractivity contribution in [1.82, 2.24) is 0 Å². The summed E-state index contributed by atoms with van der Waals surface area (Å²) >= 11 is 0. The number of aliphatic hydroxyl groups is 20. The Balaban J connectivity index is 13.3. The number of aliphatic carboxylic acids is 1. The van der Waals surface area contributed by atoms with Gasteiger partial charge in [0.2, 0.25) is 5.41 Å². The molecule has 0 fully saturated rings. The number of aliphatic hydroxyl groups excluding tert-OH is 20. The van der Waals surface area contributed by atoms with Crippen LogP contribution in [-0.4, -0.2) is 298 Å². The molecule has 32 heteroatoms. The number of ketones is 10. The van der Waals surface area contributed by atoms with Gasteiger partial charge in [-0.1, -0.05) is 19.8 Å². The van der Waals surface area contributed by atoms with E-state index in [4.69, 9.17) is 0 Å². The molecule has 0 aromatic heterocycles. The molecular weight excluding hydrogens is 992 g/mol. The van der Waals surface area contributed by atoms with E-state index in [1.165, 1.54) is 0 Å². The van der Waals surface area contributed by atoms with Crippen molar-refractivity contribution in [1.29, 1.82) is 0 Å². The summed E-state index contributed by atoms with van der Waals surface area (Å²) in [5, 5.41) is 229. The molecule has 0 saturated heterocycles. The van der Waals surface area contributed by atoms with Crippen molar-refractivity contribution in [3.8, 4) is 0 Å². The van der Waals surface area contributed by atoms with Gasteiger partial charge in [-0.25, -0.2) is 0 Å². The molecule has 0 radical (unpaired) electrons. The highest BCUT2D eigenvalue weighted by molar-refractivity contribution is 6.40. The molecule has 21 N–H and O–H groups in total. The largest absolute Gasteiger partial charge is 0.480 e. The van der Waals surface area contributed by atoms with Gasteiger partial charge in [0, 0.05) is 0 Å². The first kappa shape index (κ1) is 67.4. The van der Waals surface area contributed by atoms with Gasteiger partial charge >= 0.3 is 5.97 Å². The molecular formula is C40H60O32. The molecule has 412 valence electrons. The van der Waals surface area contributed by atoms with Crippen molar-refractivity contribution in [3.05, 3.63) is 0 Å².